The smallest absolute Gasteiger partial charge is 0.355 e. The zero-order valence-electron chi connectivity index (χ0n) is 8.46. The first-order valence-corrected chi connectivity index (χ1v) is 4.69. The molecule has 0 unspecified atom stereocenters. The van der Waals surface area contributed by atoms with Crippen LogP contribution in [0.25, 0.3) is 0 Å². The Kier molecular flexibility index (Phi) is 4.79. The maximum absolute atomic E-state index is 6.14. The van der Waals surface area contributed by atoms with E-state index in [0.717, 1.165) is 5.28 Å². The molecule has 0 amide bonds. The van der Waals surface area contributed by atoms with Crippen LogP contribution in [0.2, 0.25) is 5.28 Å². The summed E-state index contributed by atoms with van der Waals surface area (Å²) in [6.07, 6.45) is 4.04. The normalized spacial score (nSPS) is 10.7. The number of nitrogens with zero attached hydrogens (tertiary/aromatic N) is 2. The zero-order chi connectivity index (χ0) is 9.30. The minimum absolute atomic E-state index is 0. The topological polar surface area (TPSA) is 8.81 Å². The molecule has 0 saturated carbocycles. The monoisotopic (exact) mass is 222 g/mol. The highest BCUT2D eigenvalue weighted by Crippen LogP contribution is 2.12. The summed E-state index contributed by atoms with van der Waals surface area (Å²) in [5, 5.41) is 0.806. The van der Waals surface area contributed by atoms with Gasteiger partial charge in [0.15, 0.2) is 0 Å². The van der Waals surface area contributed by atoms with Crippen molar-refractivity contribution in [3.63, 3.8) is 0 Å². The van der Waals surface area contributed by atoms with Crippen LogP contribution < -0.4 is 17.0 Å². The third-order valence-electron chi connectivity index (χ3n) is 1.93. The van der Waals surface area contributed by atoms with Gasteiger partial charge in [-0.05, 0) is 27.7 Å². The number of halogens is 2. The molecule has 0 aliphatic rings. The van der Waals surface area contributed by atoms with Crippen LogP contribution in [0.1, 0.15) is 39.8 Å². The van der Waals surface area contributed by atoms with Gasteiger partial charge in [0.2, 0.25) is 0 Å². The van der Waals surface area contributed by atoms with Crippen LogP contribution >= 0.6 is 11.6 Å². The fourth-order valence-corrected chi connectivity index (χ4v) is 1.67. The summed E-state index contributed by atoms with van der Waals surface area (Å²) in [7, 11) is 0. The maximum Gasteiger partial charge on any atom is 0.355 e. The van der Waals surface area contributed by atoms with Gasteiger partial charge in [-0.25, -0.2) is 9.13 Å². The number of aromatic nitrogens is 2. The lowest BCUT2D eigenvalue weighted by molar-refractivity contribution is -0.713. The lowest BCUT2D eigenvalue weighted by Crippen LogP contribution is -3.00. The molecule has 0 fully saturated rings. The van der Waals surface area contributed by atoms with Gasteiger partial charge in [0, 0.05) is 11.6 Å². The average Bonchev–Trinajstić information content (AvgIpc) is 2.30. The van der Waals surface area contributed by atoms with E-state index in [1.54, 1.807) is 0 Å². The van der Waals surface area contributed by atoms with Gasteiger partial charge in [-0.3, -0.25) is 0 Å². The summed E-state index contributed by atoms with van der Waals surface area (Å²) in [5.41, 5.74) is 0. The Morgan fingerprint density at radius 1 is 1.31 bits per heavy atom. The van der Waals surface area contributed by atoms with Gasteiger partial charge in [-0.15, -0.1) is 0 Å². The van der Waals surface area contributed by atoms with E-state index in [4.69, 9.17) is 11.6 Å². The van der Waals surface area contributed by atoms with Crippen LogP contribution in [0.4, 0.5) is 0 Å². The van der Waals surface area contributed by atoms with E-state index in [1.165, 1.54) is 0 Å². The van der Waals surface area contributed by atoms with Crippen LogP contribution in [0, 0.1) is 0 Å². The second kappa shape index (κ2) is 4.87. The van der Waals surface area contributed by atoms with Crippen molar-refractivity contribution in [1.82, 2.24) is 4.57 Å². The van der Waals surface area contributed by atoms with Crippen LogP contribution in [0.3, 0.4) is 0 Å². The summed E-state index contributed by atoms with van der Waals surface area (Å²) < 4.78 is 4.11. The highest BCUT2D eigenvalue weighted by Gasteiger charge is 2.18. The second-order valence-electron chi connectivity index (χ2n) is 3.57. The van der Waals surface area contributed by atoms with E-state index in [9.17, 15) is 0 Å². The molecule has 0 aliphatic carbocycles. The number of hydrogen-bond acceptors (Lipinski definition) is 0. The van der Waals surface area contributed by atoms with Crippen molar-refractivity contribution in [1.29, 1.82) is 0 Å². The molecule has 1 aromatic heterocycles. The quantitative estimate of drug-likeness (QED) is 0.603. The van der Waals surface area contributed by atoms with Crippen LogP contribution in [-0.2, 0) is 0 Å². The van der Waals surface area contributed by atoms with Crippen molar-refractivity contribution in [3.8, 4) is 0 Å². The number of hydrogen-bond donors (Lipinski definition) is 0. The highest BCUT2D eigenvalue weighted by atomic mass is 35.5. The van der Waals surface area contributed by atoms with Gasteiger partial charge < -0.3 is 12.4 Å². The first-order chi connectivity index (χ1) is 5.54. The third kappa shape index (κ3) is 2.61. The predicted molar refractivity (Wildman–Crippen MR) is 50.4 cm³/mol. The molecule has 1 rings (SSSR count). The molecule has 13 heavy (non-hydrogen) atoms. The molecule has 0 aromatic carbocycles. The summed E-state index contributed by atoms with van der Waals surface area (Å²) in [5.74, 6) is 0. The zero-order valence-corrected chi connectivity index (χ0v) is 9.97. The molecular formula is C9H16Cl2N2. The minimum Gasteiger partial charge on any atom is -1.00 e. The van der Waals surface area contributed by atoms with Gasteiger partial charge in [0.05, 0.1) is 12.1 Å². The largest absolute Gasteiger partial charge is 1.00 e. The van der Waals surface area contributed by atoms with E-state index in [2.05, 4.69) is 36.8 Å². The molecule has 1 heterocycles. The van der Waals surface area contributed by atoms with Crippen LogP contribution in [0.5, 0.6) is 0 Å². The maximum atomic E-state index is 6.14. The van der Waals surface area contributed by atoms with Crippen molar-refractivity contribution in [2.45, 2.75) is 39.8 Å². The van der Waals surface area contributed by atoms with Gasteiger partial charge >= 0.3 is 5.28 Å². The predicted octanol–water partition coefficient (Wildman–Crippen LogP) is -0.405. The Morgan fingerprint density at radius 2 is 1.85 bits per heavy atom. The average molecular weight is 223 g/mol. The molecule has 0 spiro atoms. The van der Waals surface area contributed by atoms with E-state index in [1.807, 2.05) is 12.4 Å². The molecule has 76 valence electrons. The van der Waals surface area contributed by atoms with Gasteiger partial charge in [0.1, 0.15) is 12.4 Å². The van der Waals surface area contributed by atoms with E-state index in [-0.39, 0.29) is 12.4 Å². The Hall–Kier alpha value is -0.210. The van der Waals surface area contributed by atoms with Crippen LogP contribution in [0.15, 0.2) is 12.4 Å². The molecule has 0 saturated heterocycles. The van der Waals surface area contributed by atoms with Crippen molar-refractivity contribution in [2.24, 2.45) is 0 Å². The van der Waals surface area contributed by atoms with Crippen molar-refractivity contribution in [3.05, 3.63) is 17.7 Å². The summed E-state index contributed by atoms with van der Waals surface area (Å²) in [6, 6.07) is 0.856. The van der Waals surface area contributed by atoms with Crippen LogP contribution in [-0.4, -0.2) is 4.57 Å². The number of imidazole rings is 1. The highest BCUT2D eigenvalue weighted by molar-refractivity contribution is 6.27. The molecule has 0 N–H and O–H groups in total. The van der Waals surface area contributed by atoms with E-state index >= 15 is 0 Å². The third-order valence-corrected chi connectivity index (χ3v) is 2.32. The lowest BCUT2D eigenvalue weighted by Gasteiger charge is -2.03. The molecule has 0 atom stereocenters. The molecule has 0 radical (unpaired) electrons. The van der Waals surface area contributed by atoms with Gasteiger partial charge in [-0.1, -0.05) is 0 Å². The number of rotatable bonds is 2. The summed E-state index contributed by atoms with van der Waals surface area (Å²) in [6.45, 7) is 8.49. The Balaban J connectivity index is 0.00000144. The van der Waals surface area contributed by atoms with Gasteiger partial charge in [-0.2, -0.15) is 0 Å². The van der Waals surface area contributed by atoms with Gasteiger partial charge in [0.25, 0.3) is 0 Å². The molecule has 0 aliphatic heterocycles. The van der Waals surface area contributed by atoms with Crippen molar-refractivity contribution in [2.75, 3.05) is 0 Å². The Bertz CT molecular complexity index is 241. The summed E-state index contributed by atoms with van der Waals surface area (Å²) >= 11 is 6.14. The molecule has 2 nitrogen and oxygen atoms in total. The Labute approximate surface area is 90.9 Å². The fraction of sp³-hybridized carbons (Fsp3) is 0.667. The van der Waals surface area contributed by atoms with E-state index in [0.29, 0.717) is 12.1 Å². The fourth-order valence-electron chi connectivity index (χ4n) is 1.17. The molecule has 4 heteroatoms. The first-order valence-electron chi connectivity index (χ1n) is 4.31. The molecule has 1 aromatic rings. The SMILES string of the molecule is CC(C)n1cc[n+](C(C)C)c1Cl.[Cl-]. The van der Waals surface area contributed by atoms with Crippen molar-refractivity contribution < 1.29 is 17.0 Å². The first kappa shape index (κ1) is 12.8. The lowest BCUT2D eigenvalue weighted by atomic mass is 10.4. The van der Waals surface area contributed by atoms with E-state index < -0.39 is 0 Å². The Morgan fingerprint density at radius 3 is 2.08 bits per heavy atom. The summed E-state index contributed by atoms with van der Waals surface area (Å²) in [4.78, 5) is 0. The second-order valence-corrected chi connectivity index (χ2v) is 3.91. The van der Waals surface area contributed by atoms with Crippen molar-refractivity contribution >= 4 is 11.6 Å². The molecule has 0 bridgehead atoms. The minimum atomic E-state index is 0. The molecular weight excluding hydrogens is 207 g/mol. The standard InChI is InChI=1S/C9H16ClN2.ClH/c1-7(2)11-5-6-12(8(3)4)9(11)10;/h5-8H,1-4H3;1H/q+1;/p-1.